The van der Waals surface area contributed by atoms with Gasteiger partial charge in [0.15, 0.2) is 0 Å². The second kappa shape index (κ2) is 4.97. The van der Waals surface area contributed by atoms with E-state index in [2.05, 4.69) is 15.3 Å². The number of aromatic nitrogens is 2. The summed E-state index contributed by atoms with van der Waals surface area (Å²) >= 11 is 5.92. The van der Waals surface area contributed by atoms with Gasteiger partial charge in [0.2, 0.25) is 0 Å². The van der Waals surface area contributed by atoms with E-state index in [4.69, 9.17) is 16.3 Å². The molecule has 16 heavy (non-hydrogen) atoms. The van der Waals surface area contributed by atoms with Crippen molar-refractivity contribution in [1.82, 2.24) is 9.97 Å². The Labute approximate surface area is 100 Å². The molecule has 0 saturated heterocycles. The lowest BCUT2D eigenvalue weighted by Crippen LogP contribution is -2.41. The van der Waals surface area contributed by atoms with Gasteiger partial charge in [-0.3, -0.25) is 0 Å². The zero-order chi connectivity index (χ0) is 11.5. The molecule has 1 aromatic heterocycles. The predicted octanol–water partition coefficient (Wildman–Crippen LogP) is 2.42. The van der Waals surface area contributed by atoms with Gasteiger partial charge in [0, 0.05) is 18.2 Å². The summed E-state index contributed by atoms with van der Waals surface area (Å²) in [6.45, 7) is 4.73. The Bertz CT molecular complexity index is 366. The van der Waals surface area contributed by atoms with Crippen molar-refractivity contribution in [3.8, 4) is 0 Å². The van der Waals surface area contributed by atoms with E-state index in [-0.39, 0.29) is 0 Å². The monoisotopic (exact) mass is 241 g/mol. The Morgan fingerprint density at radius 2 is 2.25 bits per heavy atom. The fraction of sp³-hybridized carbons (Fsp3) is 0.636. The molecule has 0 bridgehead atoms. The molecule has 5 heteroatoms. The highest BCUT2D eigenvalue weighted by Gasteiger charge is 2.30. The van der Waals surface area contributed by atoms with Crippen molar-refractivity contribution >= 4 is 17.4 Å². The van der Waals surface area contributed by atoms with Gasteiger partial charge in [-0.05, 0) is 26.7 Å². The number of ether oxygens (including phenoxy) is 1. The predicted molar refractivity (Wildman–Crippen MR) is 63.8 cm³/mol. The molecule has 0 spiro atoms. The first-order valence-electron chi connectivity index (χ1n) is 5.56. The first kappa shape index (κ1) is 11.6. The summed E-state index contributed by atoms with van der Waals surface area (Å²) in [5.41, 5.74) is 0.907. The molecule has 0 aliphatic heterocycles. The Kier molecular flexibility index (Phi) is 3.61. The molecular weight excluding hydrogens is 226 g/mol. The number of halogens is 1. The van der Waals surface area contributed by atoms with E-state index in [1.807, 2.05) is 13.8 Å². The zero-order valence-corrected chi connectivity index (χ0v) is 10.3. The molecule has 2 rings (SSSR count). The fourth-order valence-electron chi connectivity index (χ4n) is 1.82. The number of anilines is 1. The van der Waals surface area contributed by atoms with Crippen LogP contribution in [0.1, 0.15) is 25.3 Å². The summed E-state index contributed by atoms with van der Waals surface area (Å²) in [4.78, 5) is 8.11. The van der Waals surface area contributed by atoms with E-state index in [0.29, 0.717) is 17.3 Å². The summed E-state index contributed by atoms with van der Waals surface area (Å²) in [6, 6.07) is 0.446. The van der Waals surface area contributed by atoms with Gasteiger partial charge >= 0.3 is 0 Å². The van der Waals surface area contributed by atoms with Crippen LogP contribution < -0.4 is 5.32 Å². The van der Waals surface area contributed by atoms with Crippen molar-refractivity contribution in [2.75, 3.05) is 11.9 Å². The van der Waals surface area contributed by atoms with Crippen LogP contribution in [0.25, 0.3) is 0 Å². The van der Waals surface area contributed by atoms with Gasteiger partial charge in [-0.1, -0.05) is 11.6 Å². The van der Waals surface area contributed by atoms with E-state index in [0.717, 1.165) is 30.8 Å². The van der Waals surface area contributed by atoms with Gasteiger partial charge in [0.25, 0.3) is 0 Å². The van der Waals surface area contributed by atoms with E-state index >= 15 is 0 Å². The summed E-state index contributed by atoms with van der Waals surface area (Å²) in [5, 5.41) is 3.87. The summed E-state index contributed by atoms with van der Waals surface area (Å²) in [6.07, 6.45) is 3.96. The average Bonchev–Trinajstić information content (AvgIpc) is 2.21. The number of hydrogen-bond donors (Lipinski definition) is 1. The van der Waals surface area contributed by atoms with Crippen molar-refractivity contribution in [2.45, 2.75) is 38.8 Å². The second-order valence-electron chi connectivity index (χ2n) is 4.03. The first-order chi connectivity index (χ1) is 7.70. The van der Waals surface area contributed by atoms with E-state index in [1.165, 1.54) is 6.33 Å². The SMILES string of the molecule is CCOC1CC(Nc2ncnc(Cl)c2C)C1. The third-order valence-corrected chi connectivity index (χ3v) is 3.24. The van der Waals surface area contributed by atoms with Crippen LogP contribution in [0.2, 0.25) is 5.15 Å². The maximum absolute atomic E-state index is 5.92. The smallest absolute Gasteiger partial charge is 0.137 e. The largest absolute Gasteiger partial charge is 0.378 e. The van der Waals surface area contributed by atoms with E-state index in [9.17, 15) is 0 Å². The van der Waals surface area contributed by atoms with Crippen LogP contribution in [0.15, 0.2) is 6.33 Å². The molecule has 88 valence electrons. The Hall–Kier alpha value is -0.870. The van der Waals surface area contributed by atoms with Gasteiger partial charge in [-0.2, -0.15) is 0 Å². The molecule has 0 aromatic carbocycles. The molecular formula is C11H16ClN3O. The van der Waals surface area contributed by atoms with Crippen LogP contribution >= 0.6 is 11.6 Å². The lowest BCUT2D eigenvalue weighted by Gasteiger charge is -2.35. The third kappa shape index (κ3) is 2.44. The van der Waals surface area contributed by atoms with Crippen LogP contribution in [-0.4, -0.2) is 28.7 Å². The molecule has 0 unspecified atom stereocenters. The van der Waals surface area contributed by atoms with Crippen LogP contribution in [0, 0.1) is 6.92 Å². The molecule has 4 nitrogen and oxygen atoms in total. The van der Waals surface area contributed by atoms with Gasteiger partial charge in [0.05, 0.1) is 6.10 Å². The number of nitrogens with one attached hydrogen (secondary N) is 1. The minimum Gasteiger partial charge on any atom is -0.378 e. The van der Waals surface area contributed by atoms with Crippen molar-refractivity contribution in [2.24, 2.45) is 0 Å². The molecule has 0 amide bonds. The van der Waals surface area contributed by atoms with Gasteiger partial charge in [-0.15, -0.1) is 0 Å². The quantitative estimate of drug-likeness (QED) is 0.823. The summed E-state index contributed by atoms with van der Waals surface area (Å²) in [5.74, 6) is 0.833. The molecule has 0 atom stereocenters. The standard InChI is InChI=1S/C11H16ClN3O/c1-3-16-9-4-8(5-9)15-11-7(2)10(12)13-6-14-11/h6,8-9H,3-5H2,1-2H3,(H,13,14,15). The number of rotatable bonds is 4. The highest BCUT2D eigenvalue weighted by molar-refractivity contribution is 6.30. The molecule has 1 fully saturated rings. The second-order valence-corrected chi connectivity index (χ2v) is 4.39. The van der Waals surface area contributed by atoms with Crippen LogP contribution in [0.4, 0.5) is 5.82 Å². The topological polar surface area (TPSA) is 47.0 Å². The lowest BCUT2D eigenvalue weighted by atomic mass is 9.89. The van der Waals surface area contributed by atoms with Gasteiger partial charge in [0.1, 0.15) is 17.3 Å². The minimum absolute atomic E-state index is 0.403. The molecule has 0 radical (unpaired) electrons. The summed E-state index contributed by atoms with van der Waals surface area (Å²) in [7, 11) is 0. The molecule has 1 N–H and O–H groups in total. The van der Waals surface area contributed by atoms with Crippen molar-refractivity contribution < 1.29 is 4.74 Å². The van der Waals surface area contributed by atoms with Crippen LogP contribution in [0.3, 0.4) is 0 Å². The minimum atomic E-state index is 0.403. The van der Waals surface area contributed by atoms with Crippen molar-refractivity contribution in [3.05, 3.63) is 17.0 Å². The molecule has 1 heterocycles. The normalized spacial score (nSPS) is 23.9. The molecule has 1 saturated carbocycles. The van der Waals surface area contributed by atoms with Crippen molar-refractivity contribution in [1.29, 1.82) is 0 Å². The van der Waals surface area contributed by atoms with Gasteiger partial charge < -0.3 is 10.1 Å². The Morgan fingerprint density at radius 1 is 1.50 bits per heavy atom. The zero-order valence-electron chi connectivity index (χ0n) is 9.53. The maximum Gasteiger partial charge on any atom is 0.137 e. The van der Waals surface area contributed by atoms with E-state index in [1.54, 1.807) is 0 Å². The summed E-state index contributed by atoms with van der Waals surface area (Å²) < 4.78 is 5.50. The highest BCUT2D eigenvalue weighted by Crippen LogP contribution is 2.28. The van der Waals surface area contributed by atoms with Crippen LogP contribution in [-0.2, 0) is 4.74 Å². The fourth-order valence-corrected chi connectivity index (χ4v) is 1.96. The average molecular weight is 242 g/mol. The highest BCUT2D eigenvalue weighted by atomic mass is 35.5. The molecule has 1 aliphatic rings. The number of hydrogen-bond acceptors (Lipinski definition) is 4. The third-order valence-electron chi connectivity index (χ3n) is 2.86. The van der Waals surface area contributed by atoms with Crippen LogP contribution in [0.5, 0.6) is 0 Å². The Morgan fingerprint density at radius 3 is 2.94 bits per heavy atom. The van der Waals surface area contributed by atoms with E-state index < -0.39 is 0 Å². The van der Waals surface area contributed by atoms with Crippen molar-refractivity contribution in [3.63, 3.8) is 0 Å². The molecule has 1 aliphatic carbocycles. The molecule has 1 aromatic rings. The lowest BCUT2D eigenvalue weighted by molar-refractivity contribution is 0.00291. The maximum atomic E-state index is 5.92. The number of nitrogens with zero attached hydrogens (tertiary/aromatic N) is 2. The van der Waals surface area contributed by atoms with Gasteiger partial charge in [-0.25, -0.2) is 9.97 Å². The Balaban J connectivity index is 1.89. The first-order valence-corrected chi connectivity index (χ1v) is 5.93.